The Morgan fingerprint density at radius 3 is 2.71 bits per heavy atom. The van der Waals surface area contributed by atoms with Gasteiger partial charge in [0, 0.05) is 25.2 Å². The fourth-order valence-corrected chi connectivity index (χ4v) is 2.59. The Morgan fingerprint density at radius 2 is 2.06 bits per heavy atom. The second-order valence-electron chi connectivity index (χ2n) is 4.94. The fraction of sp³-hybridized carbons (Fsp3) is 0.667. The van der Waals surface area contributed by atoms with Crippen LogP contribution in [0, 0.1) is 0 Å². The van der Waals surface area contributed by atoms with Crippen molar-refractivity contribution in [3.63, 3.8) is 0 Å². The summed E-state index contributed by atoms with van der Waals surface area (Å²) in [5.74, 6) is 0.937. The second-order valence-corrected chi connectivity index (χ2v) is 5.33. The van der Waals surface area contributed by atoms with Crippen molar-refractivity contribution in [2.45, 2.75) is 37.8 Å². The molecule has 2 heterocycles. The first-order valence-corrected chi connectivity index (χ1v) is 6.69. The van der Waals surface area contributed by atoms with Gasteiger partial charge in [-0.05, 0) is 31.4 Å². The smallest absolute Gasteiger partial charge is 0.151 e. The normalized spacial score (nSPS) is 25.0. The predicted octanol–water partition coefficient (Wildman–Crippen LogP) is 1.85. The molecule has 1 aliphatic carbocycles. The number of anilines is 1. The van der Waals surface area contributed by atoms with Crippen LogP contribution in [-0.4, -0.2) is 35.4 Å². The van der Waals surface area contributed by atoms with Crippen LogP contribution in [0.3, 0.4) is 0 Å². The molecule has 0 amide bonds. The first-order valence-electron chi connectivity index (χ1n) is 6.31. The van der Waals surface area contributed by atoms with E-state index in [1.807, 2.05) is 6.07 Å². The molecular formula is C12H17ClN4. The lowest BCUT2D eigenvalue weighted by Crippen LogP contribution is -2.43. The molecule has 0 spiro atoms. The highest BCUT2D eigenvalue weighted by Crippen LogP contribution is 2.23. The SMILES string of the molecule is Clc1ccc(N2CCC(NC3CCC3)C2)nn1. The average molecular weight is 253 g/mol. The molecule has 1 saturated heterocycles. The molecule has 0 radical (unpaired) electrons. The molecule has 3 rings (SSSR count). The molecule has 1 unspecified atom stereocenters. The summed E-state index contributed by atoms with van der Waals surface area (Å²) in [5, 5.41) is 12.2. The zero-order valence-electron chi connectivity index (χ0n) is 9.77. The molecule has 2 aliphatic rings. The molecule has 0 aromatic carbocycles. The van der Waals surface area contributed by atoms with E-state index in [0.717, 1.165) is 24.9 Å². The van der Waals surface area contributed by atoms with Crippen LogP contribution in [0.4, 0.5) is 5.82 Å². The maximum Gasteiger partial charge on any atom is 0.151 e. The number of halogens is 1. The molecule has 4 nitrogen and oxygen atoms in total. The standard InChI is InChI=1S/C12H17ClN4/c13-11-4-5-12(16-15-11)17-7-6-10(8-17)14-9-2-1-3-9/h4-5,9-10,14H,1-3,6-8H2. The van der Waals surface area contributed by atoms with Crippen LogP contribution in [0.1, 0.15) is 25.7 Å². The van der Waals surface area contributed by atoms with E-state index in [1.54, 1.807) is 6.07 Å². The van der Waals surface area contributed by atoms with E-state index in [1.165, 1.54) is 25.7 Å². The third-order valence-electron chi connectivity index (χ3n) is 3.71. The highest BCUT2D eigenvalue weighted by molar-refractivity contribution is 6.29. The molecule has 17 heavy (non-hydrogen) atoms. The van der Waals surface area contributed by atoms with Crippen molar-refractivity contribution < 1.29 is 0 Å². The van der Waals surface area contributed by atoms with Crippen molar-refractivity contribution in [1.29, 1.82) is 0 Å². The Labute approximate surface area is 106 Å². The summed E-state index contributed by atoms with van der Waals surface area (Å²) < 4.78 is 0. The van der Waals surface area contributed by atoms with E-state index in [-0.39, 0.29) is 0 Å². The highest BCUT2D eigenvalue weighted by Gasteiger charge is 2.27. The Bertz CT molecular complexity index is 377. The lowest BCUT2D eigenvalue weighted by atomic mass is 9.92. The number of hydrogen-bond donors (Lipinski definition) is 1. The maximum absolute atomic E-state index is 5.74. The molecule has 92 valence electrons. The van der Waals surface area contributed by atoms with Gasteiger partial charge >= 0.3 is 0 Å². The van der Waals surface area contributed by atoms with Crippen LogP contribution >= 0.6 is 11.6 Å². The summed E-state index contributed by atoms with van der Waals surface area (Å²) in [7, 11) is 0. The van der Waals surface area contributed by atoms with Gasteiger partial charge in [-0.15, -0.1) is 10.2 Å². The van der Waals surface area contributed by atoms with Gasteiger partial charge in [-0.25, -0.2) is 0 Å². The summed E-state index contributed by atoms with van der Waals surface area (Å²) in [6.07, 6.45) is 5.27. The first-order chi connectivity index (χ1) is 8.31. The molecule has 1 saturated carbocycles. The zero-order chi connectivity index (χ0) is 11.7. The summed E-state index contributed by atoms with van der Waals surface area (Å²) >= 11 is 5.74. The second kappa shape index (κ2) is 4.78. The summed E-state index contributed by atoms with van der Waals surface area (Å²) in [6, 6.07) is 5.12. The topological polar surface area (TPSA) is 41.0 Å². The molecule has 1 atom stereocenters. The molecule has 1 N–H and O–H groups in total. The van der Waals surface area contributed by atoms with E-state index in [0.29, 0.717) is 11.2 Å². The monoisotopic (exact) mass is 252 g/mol. The molecule has 2 fully saturated rings. The Balaban J connectivity index is 1.57. The van der Waals surface area contributed by atoms with Gasteiger partial charge in [0.25, 0.3) is 0 Å². The van der Waals surface area contributed by atoms with Crippen molar-refractivity contribution in [3.05, 3.63) is 17.3 Å². The number of hydrogen-bond acceptors (Lipinski definition) is 4. The van der Waals surface area contributed by atoms with Gasteiger partial charge in [0.15, 0.2) is 11.0 Å². The average Bonchev–Trinajstić information content (AvgIpc) is 2.73. The predicted molar refractivity (Wildman–Crippen MR) is 68.4 cm³/mol. The van der Waals surface area contributed by atoms with Gasteiger partial charge in [0.2, 0.25) is 0 Å². The third kappa shape index (κ3) is 2.53. The highest BCUT2D eigenvalue weighted by atomic mass is 35.5. The van der Waals surface area contributed by atoms with Crippen LogP contribution in [0.5, 0.6) is 0 Å². The van der Waals surface area contributed by atoms with Gasteiger partial charge in [0.1, 0.15) is 0 Å². The molecule has 1 aromatic rings. The Morgan fingerprint density at radius 1 is 1.18 bits per heavy atom. The molecule has 1 aromatic heterocycles. The Hall–Kier alpha value is -0.870. The lowest BCUT2D eigenvalue weighted by Gasteiger charge is -2.29. The van der Waals surface area contributed by atoms with Crippen LogP contribution in [0.25, 0.3) is 0 Å². The van der Waals surface area contributed by atoms with Crippen molar-refractivity contribution >= 4 is 17.4 Å². The number of nitrogens with one attached hydrogen (secondary N) is 1. The minimum absolute atomic E-state index is 0.456. The first kappa shape index (κ1) is 11.2. The molecular weight excluding hydrogens is 236 g/mol. The minimum atomic E-state index is 0.456. The van der Waals surface area contributed by atoms with Gasteiger partial charge in [0.05, 0.1) is 0 Å². The van der Waals surface area contributed by atoms with Crippen molar-refractivity contribution in [3.8, 4) is 0 Å². The largest absolute Gasteiger partial charge is 0.354 e. The van der Waals surface area contributed by atoms with E-state index < -0.39 is 0 Å². The Kier molecular flexibility index (Phi) is 3.16. The van der Waals surface area contributed by atoms with Crippen LogP contribution in [0.2, 0.25) is 5.15 Å². The summed E-state index contributed by atoms with van der Waals surface area (Å²) in [6.45, 7) is 2.09. The van der Waals surface area contributed by atoms with Crippen molar-refractivity contribution in [1.82, 2.24) is 15.5 Å². The number of rotatable bonds is 3. The van der Waals surface area contributed by atoms with Crippen molar-refractivity contribution in [2.24, 2.45) is 0 Å². The number of nitrogens with zero attached hydrogens (tertiary/aromatic N) is 3. The van der Waals surface area contributed by atoms with Crippen LogP contribution in [0.15, 0.2) is 12.1 Å². The number of aromatic nitrogens is 2. The maximum atomic E-state index is 5.74. The molecule has 1 aliphatic heterocycles. The summed E-state index contributed by atoms with van der Waals surface area (Å²) in [4.78, 5) is 2.28. The van der Waals surface area contributed by atoms with Gasteiger partial charge in [-0.2, -0.15) is 0 Å². The van der Waals surface area contributed by atoms with E-state index in [2.05, 4.69) is 20.4 Å². The minimum Gasteiger partial charge on any atom is -0.354 e. The van der Waals surface area contributed by atoms with Crippen molar-refractivity contribution in [2.75, 3.05) is 18.0 Å². The van der Waals surface area contributed by atoms with Gasteiger partial charge in [-0.3, -0.25) is 0 Å². The van der Waals surface area contributed by atoms with E-state index >= 15 is 0 Å². The van der Waals surface area contributed by atoms with Crippen LogP contribution in [-0.2, 0) is 0 Å². The third-order valence-corrected chi connectivity index (χ3v) is 3.91. The van der Waals surface area contributed by atoms with Gasteiger partial charge < -0.3 is 10.2 Å². The van der Waals surface area contributed by atoms with E-state index in [4.69, 9.17) is 11.6 Å². The fourth-order valence-electron chi connectivity index (χ4n) is 2.49. The molecule has 0 bridgehead atoms. The zero-order valence-corrected chi connectivity index (χ0v) is 10.5. The van der Waals surface area contributed by atoms with Crippen LogP contribution < -0.4 is 10.2 Å². The quantitative estimate of drug-likeness (QED) is 0.892. The van der Waals surface area contributed by atoms with Gasteiger partial charge in [-0.1, -0.05) is 18.0 Å². The molecule has 5 heteroatoms. The van der Waals surface area contributed by atoms with E-state index in [9.17, 15) is 0 Å². The summed E-state index contributed by atoms with van der Waals surface area (Å²) in [5.41, 5.74) is 0. The lowest BCUT2D eigenvalue weighted by molar-refractivity contribution is 0.311.